The molecule has 0 spiro atoms. The van der Waals surface area contributed by atoms with E-state index in [2.05, 4.69) is 10.1 Å². The van der Waals surface area contributed by atoms with Gasteiger partial charge < -0.3 is 5.73 Å². The molecule has 2 aromatic rings. The van der Waals surface area contributed by atoms with E-state index >= 15 is 0 Å². The maximum Gasteiger partial charge on any atom is 0.419 e. The molecule has 2 aromatic heterocycles. The van der Waals surface area contributed by atoms with Crippen LogP contribution in [0.15, 0.2) is 18.3 Å². The highest BCUT2D eigenvalue weighted by molar-refractivity contribution is 5.63. The Hall–Kier alpha value is -2.23. The van der Waals surface area contributed by atoms with Crippen molar-refractivity contribution in [2.75, 3.05) is 25.4 Å². The van der Waals surface area contributed by atoms with E-state index in [1.807, 2.05) is 18.5 Å². The molecule has 0 radical (unpaired) electrons. The van der Waals surface area contributed by atoms with Crippen LogP contribution in [0, 0.1) is 11.8 Å². The summed E-state index contributed by atoms with van der Waals surface area (Å²) >= 11 is 0. The molecular weight excluding hydrogens is 393 g/mol. The minimum Gasteiger partial charge on any atom is -0.383 e. The van der Waals surface area contributed by atoms with Crippen molar-refractivity contribution in [1.82, 2.24) is 19.7 Å². The number of hydrogen-bond acceptors (Lipinski definition) is 4. The second-order valence-corrected chi connectivity index (χ2v) is 8.11. The molecule has 2 unspecified atom stereocenters. The lowest BCUT2D eigenvalue weighted by Crippen LogP contribution is -2.29. The van der Waals surface area contributed by atoms with E-state index in [4.69, 9.17) is 5.73 Å². The largest absolute Gasteiger partial charge is 0.419 e. The number of pyridine rings is 1. The van der Waals surface area contributed by atoms with E-state index in [0.717, 1.165) is 11.8 Å². The molecule has 10 heteroatoms. The van der Waals surface area contributed by atoms with Gasteiger partial charge in [-0.3, -0.25) is 9.58 Å². The minimum atomic E-state index is -4.60. The molecule has 2 N–H and O–H groups in total. The Labute approximate surface area is 164 Å². The van der Waals surface area contributed by atoms with E-state index in [1.54, 1.807) is 11.0 Å². The first-order valence-electron chi connectivity index (χ1n) is 9.49. The number of anilines is 1. The van der Waals surface area contributed by atoms with Crippen LogP contribution in [0.1, 0.15) is 37.1 Å². The zero-order valence-electron chi connectivity index (χ0n) is 16.0. The molecule has 0 bridgehead atoms. The fraction of sp³-hybridized carbons (Fsp3) is 0.579. The maximum absolute atomic E-state index is 13.2. The highest BCUT2D eigenvalue weighted by atomic mass is 19.4. The van der Waals surface area contributed by atoms with Gasteiger partial charge in [0.15, 0.2) is 0 Å². The number of halogens is 5. The molecule has 158 valence electrons. The second-order valence-electron chi connectivity index (χ2n) is 8.11. The quantitative estimate of drug-likeness (QED) is 0.749. The zero-order valence-corrected chi connectivity index (χ0v) is 16.0. The highest BCUT2D eigenvalue weighted by Crippen LogP contribution is 2.58. The van der Waals surface area contributed by atoms with Crippen LogP contribution < -0.4 is 5.73 Å². The molecule has 2 aliphatic rings. The van der Waals surface area contributed by atoms with Gasteiger partial charge in [-0.2, -0.15) is 18.3 Å². The third-order valence-electron chi connectivity index (χ3n) is 5.78. The summed E-state index contributed by atoms with van der Waals surface area (Å²) in [5.74, 6) is 0.189. The topological polar surface area (TPSA) is 60.0 Å². The lowest BCUT2D eigenvalue weighted by molar-refractivity contribution is -0.137. The Kier molecular flexibility index (Phi) is 4.79. The summed E-state index contributed by atoms with van der Waals surface area (Å²) in [4.78, 5) is 5.46. The molecule has 0 amide bonds. The number of alkyl halides is 5. The molecule has 1 aliphatic carbocycles. The number of rotatable bonds is 5. The van der Waals surface area contributed by atoms with Crippen molar-refractivity contribution in [3.05, 3.63) is 29.6 Å². The number of likely N-dealkylation sites (tertiary alicyclic amines) is 1. The predicted octanol–water partition coefficient (Wildman–Crippen LogP) is 4.04. The minimum absolute atomic E-state index is 0.0149. The van der Waals surface area contributed by atoms with Gasteiger partial charge in [-0.1, -0.05) is 0 Å². The maximum atomic E-state index is 13.2. The van der Waals surface area contributed by atoms with Gasteiger partial charge in [-0.25, -0.2) is 13.8 Å². The number of nitrogens with zero attached hydrogens (tertiary/aromatic N) is 4. The van der Waals surface area contributed by atoms with Crippen molar-refractivity contribution in [1.29, 1.82) is 0 Å². The molecule has 1 saturated heterocycles. The average Bonchev–Trinajstić information content (AvgIpc) is 2.96. The Morgan fingerprint density at radius 3 is 2.38 bits per heavy atom. The third-order valence-corrected chi connectivity index (χ3v) is 5.78. The first-order valence-corrected chi connectivity index (χ1v) is 9.49. The molecule has 3 heterocycles. The number of nitrogen functional groups attached to an aromatic ring is 1. The first kappa shape index (κ1) is 20.1. The van der Waals surface area contributed by atoms with Crippen LogP contribution in [0.4, 0.5) is 27.8 Å². The Morgan fingerprint density at radius 1 is 1.17 bits per heavy atom. The summed E-state index contributed by atoms with van der Waals surface area (Å²) in [5.41, 5.74) is 5.99. The van der Waals surface area contributed by atoms with Crippen LogP contribution in [0.5, 0.6) is 0 Å². The molecule has 1 saturated carbocycles. The number of hydrogen-bond donors (Lipinski definition) is 1. The summed E-state index contributed by atoms with van der Waals surface area (Å²) < 4.78 is 66.6. The number of nitrogens with two attached hydrogens (primary N) is 1. The van der Waals surface area contributed by atoms with Crippen LogP contribution in [0.25, 0.3) is 11.3 Å². The Balaban J connectivity index is 1.61. The molecule has 2 atom stereocenters. The van der Waals surface area contributed by atoms with E-state index in [0.29, 0.717) is 18.8 Å². The SMILES string of the molecule is CC(C)n1nc(-c2cnc(N)c(C(F)(F)F)c2)cc1C1C2CN(CC(F)F)CC21. The van der Waals surface area contributed by atoms with Crippen molar-refractivity contribution >= 4 is 5.82 Å². The van der Waals surface area contributed by atoms with Crippen molar-refractivity contribution in [3.8, 4) is 11.3 Å². The smallest absolute Gasteiger partial charge is 0.383 e. The van der Waals surface area contributed by atoms with Gasteiger partial charge in [0.1, 0.15) is 5.82 Å². The van der Waals surface area contributed by atoms with Gasteiger partial charge in [0.25, 0.3) is 6.43 Å². The van der Waals surface area contributed by atoms with Crippen molar-refractivity contribution in [2.24, 2.45) is 11.8 Å². The molecular formula is C19H22F5N5. The number of aromatic nitrogens is 3. The average molecular weight is 415 g/mol. The van der Waals surface area contributed by atoms with Gasteiger partial charge in [-0.05, 0) is 37.8 Å². The molecule has 29 heavy (non-hydrogen) atoms. The van der Waals surface area contributed by atoms with E-state index in [1.165, 1.54) is 6.20 Å². The van der Waals surface area contributed by atoms with Crippen LogP contribution in [0.3, 0.4) is 0 Å². The third kappa shape index (κ3) is 3.70. The van der Waals surface area contributed by atoms with Gasteiger partial charge in [0.2, 0.25) is 0 Å². The normalized spacial score (nSPS) is 24.5. The molecule has 2 fully saturated rings. The number of piperidine rings is 1. The van der Waals surface area contributed by atoms with Crippen LogP contribution in [-0.2, 0) is 6.18 Å². The molecule has 1 aliphatic heterocycles. The van der Waals surface area contributed by atoms with E-state index in [-0.39, 0.29) is 35.9 Å². The van der Waals surface area contributed by atoms with Gasteiger partial charge in [-0.15, -0.1) is 0 Å². The summed E-state index contributed by atoms with van der Waals surface area (Å²) in [5, 5.41) is 4.52. The van der Waals surface area contributed by atoms with Crippen molar-refractivity contribution < 1.29 is 22.0 Å². The predicted molar refractivity (Wildman–Crippen MR) is 97.4 cm³/mol. The Bertz CT molecular complexity index is 895. The van der Waals surface area contributed by atoms with Crippen LogP contribution >= 0.6 is 0 Å². The summed E-state index contributed by atoms with van der Waals surface area (Å²) in [7, 11) is 0. The van der Waals surface area contributed by atoms with E-state index < -0.39 is 24.0 Å². The second kappa shape index (κ2) is 6.93. The van der Waals surface area contributed by atoms with Crippen molar-refractivity contribution in [2.45, 2.75) is 38.4 Å². The zero-order chi connectivity index (χ0) is 21.1. The summed E-state index contributed by atoms with van der Waals surface area (Å²) in [6.07, 6.45) is -5.66. The van der Waals surface area contributed by atoms with Crippen molar-refractivity contribution in [3.63, 3.8) is 0 Å². The standard InChI is InChI=1S/C19H22F5N5/c1-9(2)29-15(17-11-6-28(7-12(11)17)8-16(20)21)4-14(27-29)10-3-13(19(22,23)24)18(25)26-5-10/h3-5,9,11-12,16-17H,6-8H2,1-2H3,(H2,25,26). The lowest BCUT2D eigenvalue weighted by atomic mass is 10.1. The van der Waals surface area contributed by atoms with Crippen LogP contribution in [0.2, 0.25) is 0 Å². The van der Waals surface area contributed by atoms with Gasteiger partial charge in [0, 0.05) is 42.5 Å². The lowest BCUT2D eigenvalue weighted by Gasteiger charge is -2.19. The fourth-order valence-corrected chi connectivity index (χ4v) is 4.45. The Morgan fingerprint density at radius 2 is 1.83 bits per heavy atom. The monoisotopic (exact) mass is 415 g/mol. The van der Waals surface area contributed by atoms with Gasteiger partial charge >= 0.3 is 6.18 Å². The first-order chi connectivity index (χ1) is 13.6. The molecule has 4 rings (SSSR count). The van der Waals surface area contributed by atoms with Gasteiger partial charge in [0.05, 0.1) is 17.8 Å². The molecule has 5 nitrogen and oxygen atoms in total. The highest BCUT2D eigenvalue weighted by Gasteiger charge is 2.57. The summed E-state index contributed by atoms with van der Waals surface area (Å²) in [6.45, 7) is 4.90. The molecule has 0 aromatic carbocycles. The fourth-order valence-electron chi connectivity index (χ4n) is 4.45. The van der Waals surface area contributed by atoms with Crippen LogP contribution in [-0.4, -0.2) is 45.7 Å². The summed E-state index contributed by atoms with van der Waals surface area (Å²) in [6, 6.07) is 2.78. The van der Waals surface area contributed by atoms with E-state index in [9.17, 15) is 22.0 Å². The number of fused-ring (bicyclic) bond motifs is 1.